The van der Waals surface area contributed by atoms with Crippen molar-refractivity contribution < 1.29 is 4.92 Å². The largest absolute Gasteiger partial charge is 0.329 e. The van der Waals surface area contributed by atoms with Crippen LogP contribution < -0.4 is 0 Å². The van der Waals surface area contributed by atoms with Crippen molar-refractivity contribution in [1.29, 1.82) is 0 Å². The summed E-state index contributed by atoms with van der Waals surface area (Å²) in [6, 6.07) is 0. The minimum atomic E-state index is -0.472. The molecule has 78 valence electrons. The first-order chi connectivity index (χ1) is 6.61. The molecule has 0 saturated carbocycles. The van der Waals surface area contributed by atoms with Crippen molar-refractivity contribution >= 4 is 17.3 Å². The molecule has 0 aliphatic carbocycles. The summed E-state index contributed by atoms with van der Waals surface area (Å²) < 4.78 is 1.48. The van der Waals surface area contributed by atoms with Crippen LogP contribution >= 0.6 is 11.6 Å². The topological polar surface area (TPSA) is 61.0 Å². The zero-order valence-corrected chi connectivity index (χ0v) is 8.91. The molecule has 0 radical (unpaired) electrons. The molecule has 6 heteroatoms. The third-order valence-corrected chi connectivity index (χ3v) is 2.26. The molecule has 1 rings (SSSR count). The van der Waals surface area contributed by atoms with Crippen LogP contribution in [0.2, 0.25) is 5.15 Å². The summed E-state index contributed by atoms with van der Waals surface area (Å²) in [7, 11) is 0. The molecular weight excluding hydrogens is 206 g/mol. The molecule has 0 saturated heterocycles. The highest BCUT2D eigenvalue weighted by molar-refractivity contribution is 6.31. The average molecular weight is 218 g/mol. The number of halogens is 1. The summed E-state index contributed by atoms with van der Waals surface area (Å²) in [4.78, 5) is 10.2. The van der Waals surface area contributed by atoms with Crippen molar-refractivity contribution in [3.05, 3.63) is 21.0 Å². The van der Waals surface area contributed by atoms with E-state index in [1.165, 1.54) is 4.68 Å². The van der Waals surface area contributed by atoms with Crippen LogP contribution in [-0.4, -0.2) is 14.7 Å². The summed E-state index contributed by atoms with van der Waals surface area (Å²) in [5, 5.41) is 14.9. The number of aryl methyl sites for hydroxylation is 2. The second kappa shape index (κ2) is 4.41. The lowest BCUT2D eigenvalue weighted by Gasteiger charge is -1.96. The van der Waals surface area contributed by atoms with Crippen LogP contribution in [0.25, 0.3) is 0 Å². The van der Waals surface area contributed by atoms with Gasteiger partial charge in [-0.3, -0.25) is 10.1 Å². The third-order valence-electron chi connectivity index (χ3n) is 1.89. The summed E-state index contributed by atoms with van der Waals surface area (Å²) >= 11 is 5.84. The predicted molar refractivity (Wildman–Crippen MR) is 53.6 cm³/mol. The van der Waals surface area contributed by atoms with Gasteiger partial charge in [-0.05, 0) is 12.8 Å². The molecule has 1 aromatic heterocycles. The number of rotatable bonds is 4. The molecule has 0 spiro atoms. The van der Waals surface area contributed by atoms with Gasteiger partial charge in [0.2, 0.25) is 5.15 Å². The van der Waals surface area contributed by atoms with Crippen LogP contribution in [-0.2, 0) is 13.0 Å². The summed E-state index contributed by atoms with van der Waals surface area (Å²) in [5.74, 6) is 0. The van der Waals surface area contributed by atoms with Gasteiger partial charge in [0.25, 0.3) is 0 Å². The van der Waals surface area contributed by atoms with Crippen molar-refractivity contribution in [1.82, 2.24) is 9.78 Å². The number of nitro groups is 1. The zero-order valence-electron chi connectivity index (χ0n) is 8.16. The Balaban J connectivity index is 3.18. The predicted octanol–water partition coefficient (Wildman–Crippen LogP) is 2.42. The number of hydrogen-bond donors (Lipinski definition) is 0. The first kappa shape index (κ1) is 11.0. The van der Waals surface area contributed by atoms with Crippen molar-refractivity contribution in [2.75, 3.05) is 0 Å². The second-order valence-corrected chi connectivity index (χ2v) is 3.28. The molecule has 1 heterocycles. The SMILES string of the molecule is CCCn1nc(CC)c([N+](=O)[O-])c1Cl. The maximum absolute atomic E-state index is 10.7. The van der Waals surface area contributed by atoms with Crippen molar-refractivity contribution in [2.24, 2.45) is 0 Å². The van der Waals surface area contributed by atoms with Gasteiger partial charge in [0.05, 0.1) is 4.92 Å². The van der Waals surface area contributed by atoms with Gasteiger partial charge < -0.3 is 0 Å². The maximum Gasteiger partial charge on any atom is 0.329 e. The number of aromatic nitrogens is 2. The van der Waals surface area contributed by atoms with Crippen LogP contribution in [0, 0.1) is 10.1 Å². The highest BCUT2D eigenvalue weighted by atomic mass is 35.5. The lowest BCUT2D eigenvalue weighted by atomic mass is 10.3. The van der Waals surface area contributed by atoms with Crippen LogP contribution in [0.3, 0.4) is 0 Å². The van der Waals surface area contributed by atoms with E-state index in [9.17, 15) is 10.1 Å². The summed E-state index contributed by atoms with van der Waals surface area (Å²) in [6.07, 6.45) is 1.37. The van der Waals surface area contributed by atoms with Crippen LogP contribution in [0.5, 0.6) is 0 Å². The Morgan fingerprint density at radius 1 is 1.57 bits per heavy atom. The molecule has 14 heavy (non-hydrogen) atoms. The van der Waals surface area contributed by atoms with Crippen LogP contribution in [0.15, 0.2) is 0 Å². The fraction of sp³-hybridized carbons (Fsp3) is 0.625. The molecule has 0 aromatic carbocycles. The van der Waals surface area contributed by atoms with E-state index in [0.29, 0.717) is 18.7 Å². The molecule has 0 atom stereocenters. The minimum absolute atomic E-state index is 0.0531. The van der Waals surface area contributed by atoms with E-state index in [1.54, 1.807) is 0 Å². The molecule has 0 fully saturated rings. The molecule has 0 amide bonds. The third kappa shape index (κ3) is 1.87. The molecule has 0 unspecified atom stereocenters. The van der Waals surface area contributed by atoms with Gasteiger partial charge in [-0.25, -0.2) is 4.68 Å². The quantitative estimate of drug-likeness (QED) is 0.575. The number of nitrogens with zero attached hydrogens (tertiary/aromatic N) is 3. The van der Waals surface area contributed by atoms with Gasteiger partial charge in [-0.15, -0.1) is 0 Å². The monoisotopic (exact) mass is 217 g/mol. The first-order valence-corrected chi connectivity index (χ1v) is 4.89. The van der Waals surface area contributed by atoms with E-state index in [4.69, 9.17) is 11.6 Å². The van der Waals surface area contributed by atoms with E-state index in [1.807, 2.05) is 13.8 Å². The lowest BCUT2D eigenvalue weighted by Crippen LogP contribution is -1.99. The average Bonchev–Trinajstić information content (AvgIpc) is 2.44. The van der Waals surface area contributed by atoms with Gasteiger partial charge >= 0.3 is 5.69 Å². The fourth-order valence-corrected chi connectivity index (χ4v) is 1.56. The normalized spacial score (nSPS) is 10.5. The lowest BCUT2D eigenvalue weighted by molar-refractivity contribution is -0.385. The standard InChI is InChI=1S/C8H12ClN3O2/c1-3-5-11-8(9)7(12(13)14)6(4-2)10-11/h3-5H2,1-2H3. The Morgan fingerprint density at radius 2 is 2.21 bits per heavy atom. The van der Waals surface area contributed by atoms with E-state index in [2.05, 4.69) is 5.10 Å². The van der Waals surface area contributed by atoms with Gasteiger partial charge in [-0.2, -0.15) is 5.10 Å². The molecule has 0 aliphatic rings. The molecular formula is C8H12ClN3O2. The molecule has 0 bridgehead atoms. The Morgan fingerprint density at radius 3 is 2.57 bits per heavy atom. The summed E-state index contributed by atoms with van der Waals surface area (Å²) in [5.41, 5.74) is 0.399. The smallest absolute Gasteiger partial charge is 0.258 e. The molecule has 5 nitrogen and oxygen atoms in total. The Labute approximate surface area is 86.8 Å². The van der Waals surface area contributed by atoms with Gasteiger partial charge in [0.1, 0.15) is 5.69 Å². The van der Waals surface area contributed by atoms with Crippen molar-refractivity contribution in [3.63, 3.8) is 0 Å². The molecule has 0 aliphatic heterocycles. The maximum atomic E-state index is 10.7. The van der Waals surface area contributed by atoms with Gasteiger partial charge in [0, 0.05) is 6.54 Å². The zero-order chi connectivity index (χ0) is 10.7. The first-order valence-electron chi connectivity index (χ1n) is 4.51. The second-order valence-electron chi connectivity index (χ2n) is 2.92. The van der Waals surface area contributed by atoms with E-state index in [-0.39, 0.29) is 10.8 Å². The van der Waals surface area contributed by atoms with Gasteiger partial charge in [0.15, 0.2) is 0 Å². The Kier molecular flexibility index (Phi) is 3.46. The Hall–Kier alpha value is -1.10. The van der Waals surface area contributed by atoms with Gasteiger partial charge in [-0.1, -0.05) is 25.4 Å². The van der Waals surface area contributed by atoms with E-state index < -0.39 is 4.92 Å². The fourth-order valence-electron chi connectivity index (χ4n) is 1.26. The van der Waals surface area contributed by atoms with Crippen LogP contribution in [0.1, 0.15) is 26.0 Å². The number of hydrogen-bond acceptors (Lipinski definition) is 3. The van der Waals surface area contributed by atoms with E-state index in [0.717, 1.165) is 6.42 Å². The minimum Gasteiger partial charge on any atom is -0.258 e. The van der Waals surface area contributed by atoms with Crippen molar-refractivity contribution in [2.45, 2.75) is 33.2 Å². The Bertz CT molecular complexity index is 349. The summed E-state index contributed by atoms with van der Waals surface area (Å²) in [6.45, 7) is 4.40. The highest BCUT2D eigenvalue weighted by Gasteiger charge is 2.24. The highest BCUT2D eigenvalue weighted by Crippen LogP contribution is 2.28. The van der Waals surface area contributed by atoms with Crippen molar-refractivity contribution in [3.8, 4) is 0 Å². The van der Waals surface area contributed by atoms with E-state index >= 15 is 0 Å². The molecule has 1 aromatic rings. The molecule has 0 N–H and O–H groups in total. The van der Waals surface area contributed by atoms with Crippen LogP contribution in [0.4, 0.5) is 5.69 Å².